The molecule has 2 atom stereocenters. The van der Waals surface area contributed by atoms with E-state index in [4.69, 9.17) is 10.5 Å². The Morgan fingerprint density at radius 3 is 3.10 bits per heavy atom. The number of carbonyl (C=O) groups excluding carboxylic acids is 1. The zero-order valence-electron chi connectivity index (χ0n) is 12.8. The van der Waals surface area contributed by atoms with E-state index in [0.717, 1.165) is 38.8 Å². The third kappa shape index (κ3) is 5.77. The van der Waals surface area contributed by atoms with E-state index in [1.54, 1.807) is 11.3 Å². The van der Waals surface area contributed by atoms with Gasteiger partial charge in [0, 0.05) is 30.5 Å². The van der Waals surface area contributed by atoms with Gasteiger partial charge in [0.15, 0.2) is 0 Å². The van der Waals surface area contributed by atoms with Gasteiger partial charge in [-0.2, -0.15) is 0 Å². The number of nitrogens with two attached hydrogens (primary N) is 1. The standard InChI is InChI=1S/C16H26N2O2S/c1-13(17)5-2-8-16(19)18(11-14-6-3-9-20-14)12-15-7-4-10-21-15/h4,7,10,13-14H,2-3,5-6,8-9,11-12,17H2,1H3. The van der Waals surface area contributed by atoms with Crippen molar-refractivity contribution < 1.29 is 9.53 Å². The largest absolute Gasteiger partial charge is 0.376 e. The summed E-state index contributed by atoms with van der Waals surface area (Å²) < 4.78 is 5.68. The molecule has 4 nitrogen and oxygen atoms in total. The number of rotatable bonds is 8. The van der Waals surface area contributed by atoms with Crippen LogP contribution in [-0.2, 0) is 16.1 Å². The molecule has 0 radical (unpaired) electrons. The Bertz CT molecular complexity index is 414. The summed E-state index contributed by atoms with van der Waals surface area (Å²) in [5, 5.41) is 2.06. The summed E-state index contributed by atoms with van der Waals surface area (Å²) in [6, 6.07) is 4.29. The highest BCUT2D eigenvalue weighted by molar-refractivity contribution is 7.09. The van der Waals surface area contributed by atoms with Crippen LogP contribution in [0.3, 0.4) is 0 Å². The second-order valence-corrected chi connectivity index (χ2v) is 6.89. The first-order valence-electron chi connectivity index (χ1n) is 7.82. The lowest BCUT2D eigenvalue weighted by Gasteiger charge is -2.25. The van der Waals surface area contributed by atoms with Gasteiger partial charge in [-0.15, -0.1) is 11.3 Å². The third-order valence-corrected chi connectivity index (χ3v) is 4.64. The number of hydrogen-bond donors (Lipinski definition) is 1. The topological polar surface area (TPSA) is 55.6 Å². The van der Waals surface area contributed by atoms with E-state index in [1.165, 1.54) is 4.88 Å². The molecule has 1 aliphatic heterocycles. The van der Waals surface area contributed by atoms with Gasteiger partial charge in [0.25, 0.3) is 0 Å². The van der Waals surface area contributed by atoms with Crippen LogP contribution in [0.4, 0.5) is 0 Å². The molecule has 1 aliphatic rings. The minimum Gasteiger partial charge on any atom is -0.376 e. The lowest BCUT2D eigenvalue weighted by Crippen LogP contribution is -2.36. The Morgan fingerprint density at radius 2 is 2.48 bits per heavy atom. The summed E-state index contributed by atoms with van der Waals surface area (Å²) >= 11 is 1.70. The van der Waals surface area contributed by atoms with Gasteiger partial charge in [-0.25, -0.2) is 0 Å². The third-order valence-electron chi connectivity index (χ3n) is 3.78. The highest BCUT2D eigenvalue weighted by Crippen LogP contribution is 2.18. The van der Waals surface area contributed by atoms with Crippen LogP contribution in [-0.4, -0.2) is 36.1 Å². The molecule has 118 valence electrons. The molecule has 5 heteroatoms. The van der Waals surface area contributed by atoms with Crippen molar-refractivity contribution in [1.29, 1.82) is 0 Å². The lowest BCUT2D eigenvalue weighted by atomic mass is 10.1. The molecule has 1 saturated heterocycles. The second kappa shape index (κ2) is 8.51. The molecule has 0 spiro atoms. The van der Waals surface area contributed by atoms with E-state index in [0.29, 0.717) is 13.0 Å². The van der Waals surface area contributed by atoms with E-state index in [2.05, 4.69) is 11.4 Å². The molecule has 2 N–H and O–H groups in total. The van der Waals surface area contributed by atoms with Crippen molar-refractivity contribution in [3.8, 4) is 0 Å². The Hall–Kier alpha value is -0.910. The first-order chi connectivity index (χ1) is 10.1. The van der Waals surface area contributed by atoms with E-state index in [-0.39, 0.29) is 18.1 Å². The highest BCUT2D eigenvalue weighted by atomic mass is 32.1. The Kier molecular flexibility index (Phi) is 6.67. The molecule has 2 rings (SSSR count). The van der Waals surface area contributed by atoms with Crippen molar-refractivity contribution in [3.05, 3.63) is 22.4 Å². The van der Waals surface area contributed by atoms with Gasteiger partial charge in [-0.05, 0) is 44.1 Å². The molecule has 2 heterocycles. The average Bonchev–Trinajstić information content (AvgIpc) is 3.10. The predicted molar refractivity (Wildman–Crippen MR) is 86.2 cm³/mol. The number of nitrogens with zero attached hydrogens (tertiary/aromatic N) is 1. The number of carbonyl (C=O) groups is 1. The monoisotopic (exact) mass is 310 g/mol. The van der Waals surface area contributed by atoms with Crippen LogP contribution in [0.1, 0.15) is 43.9 Å². The number of thiophene rings is 1. The zero-order chi connectivity index (χ0) is 15.1. The SMILES string of the molecule is CC(N)CCCC(=O)N(Cc1cccs1)CC1CCCO1. The predicted octanol–water partition coefficient (Wildman–Crippen LogP) is 2.77. The molecule has 0 aliphatic carbocycles. The van der Waals surface area contributed by atoms with Gasteiger partial charge in [-0.1, -0.05) is 6.07 Å². The highest BCUT2D eigenvalue weighted by Gasteiger charge is 2.22. The van der Waals surface area contributed by atoms with Gasteiger partial charge in [0.05, 0.1) is 12.6 Å². The summed E-state index contributed by atoms with van der Waals surface area (Å²) in [4.78, 5) is 15.7. The maximum atomic E-state index is 12.5. The number of amides is 1. The summed E-state index contributed by atoms with van der Waals surface area (Å²) in [6.45, 7) is 4.24. The van der Waals surface area contributed by atoms with Crippen molar-refractivity contribution >= 4 is 17.2 Å². The molecule has 1 fully saturated rings. The first kappa shape index (κ1) is 16.5. The van der Waals surface area contributed by atoms with Crippen LogP contribution >= 0.6 is 11.3 Å². The fourth-order valence-electron chi connectivity index (χ4n) is 2.61. The molecule has 1 amide bonds. The minimum atomic E-state index is 0.168. The Morgan fingerprint density at radius 1 is 1.62 bits per heavy atom. The van der Waals surface area contributed by atoms with Crippen LogP contribution in [0.2, 0.25) is 0 Å². The van der Waals surface area contributed by atoms with Crippen LogP contribution in [0.25, 0.3) is 0 Å². The van der Waals surface area contributed by atoms with Crippen molar-refractivity contribution in [1.82, 2.24) is 4.90 Å². The van der Waals surface area contributed by atoms with Crippen molar-refractivity contribution in [3.63, 3.8) is 0 Å². The minimum absolute atomic E-state index is 0.168. The molecule has 1 aromatic heterocycles. The summed E-state index contributed by atoms with van der Waals surface area (Å²) in [5.41, 5.74) is 5.75. The Labute approximate surface area is 131 Å². The van der Waals surface area contributed by atoms with Crippen molar-refractivity contribution in [2.24, 2.45) is 5.73 Å². The molecular formula is C16H26N2O2S. The van der Waals surface area contributed by atoms with E-state index < -0.39 is 0 Å². The molecule has 1 aromatic rings. The van der Waals surface area contributed by atoms with E-state index >= 15 is 0 Å². The number of hydrogen-bond acceptors (Lipinski definition) is 4. The van der Waals surface area contributed by atoms with Gasteiger partial charge in [0.2, 0.25) is 5.91 Å². The molecule has 2 unspecified atom stereocenters. The molecule has 0 saturated carbocycles. The normalized spacial score (nSPS) is 19.6. The van der Waals surface area contributed by atoms with Crippen molar-refractivity contribution in [2.45, 2.75) is 57.7 Å². The smallest absolute Gasteiger partial charge is 0.222 e. The summed E-state index contributed by atoms with van der Waals surface area (Å²) in [5.74, 6) is 0.222. The van der Waals surface area contributed by atoms with E-state index in [9.17, 15) is 4.79 Å². The second-order valence-electron chi connectivity index (χ2n) is 5.86. The van der Waals surface area contributed by atoms with Gasteiger partial charge >= 0.3 is 0 Å². The maximum Gasteiger partial charge on any atom is 0.222 e. The summed E-state index contributed by atoms with van der Waals surface area (Å²) in [7, 11) is 0. The average molecular weight is 310 g/mol. The molecule has 21 heavy (non-hydrogen) atoms. The van der Waals surface area contributed by atoms with E-state index in [1.807, 2.05) is 17.9 Å². The first-order valence-corrected chi connectivity index (χ1v) is 8.70. The van der Waals surface area contributed by atoms with Crippen LogP contribution < -0.4 is 5.73 Å². The summed E-state index contributed by atoms with van der Waals surface area (Å²) in [6.07, 6.45) is 4.73. The quantitative estimate of drug-likeness (QED) is 0.803. The van der Waals surface area contributed by atoms with Crippen LogP contribution in [0.15, 0.2) is 17.5 Å². The molecular weight excluding hydrogens is 284 g/mol. The van der Waals surface area contributed by atoms with Gasteiger partial charge < -0.3 is 15.4 Å². The fraction of sp³-hybridized carbons (Fsp3) is 0.688. The van der Waals surface area contributed by atoms with Crippen molar-refractivity contribution in [2.75, 3.05) is 13.2 Å². The lowest BCUT2D eigenvalue weighted by molar-refractivity contribution is -0.133. The fourth-order valence-corrected chi connectivity index (χ4v) is 3.33. The molecule has 0 bridgehead atoms. The van der Waals surface area contributed by atoms with Gasteiger partial charge in [0.1, 0.15) is 0 Å². The zero-order valence-corrected chi connectivity index (χ0v) is 13.6. The van der Waals surface area contributed by atoms with Crippen LogP contribution in [0, 0.1) is 0 Å². The van der Waals surface area contributed by atoms with Gasteiger partial charge in [-0.3, -0.25) is 4.79 Å². The maximum absolute atomic E-state index is 12.5. The molecule has 0 aromatic carbocycles. The van der Waals surface area contributed by atoms with Crippen LogP contribution in [0.5, 0.6) is 0 Å². The Balaban J connectivity index is 1.88. The number of ether oxygens (including phenoxy) is 1.